The van der Waals surface area contributed by atoms with E-state index in [1.165, 1.54) is 0 Å². The van der Waals surface area contributed by atoms with Crippen LogP contribution < -0.4 is 0 Å². The van der Waals surface area contributed by atoms with E-state index >= 15 is 0 Å². The normalized spacial score (nSPS) is 32.2. The predicted octanol–water partition coefficient (Wildman–Crippen LogP) is 1.68. The van der Waals surface area contributed by atoms with E-state index in [1.54, 1.807) is 0 Å². The number of aliphatic hydroxyl groups excluding tert-OH is 10. The predicted molar refractivity (Wildman–Crippen MR) is 239 cm³/mol. The zero-order valence-corrected chi connectivity index (χ0v) is 40.0. The maximum absolute atomic E-state index is 12.2. The molecular formula is C47H86O20. The maximum atomic E-state index is 12.2. The van der Waals surface area contributed by atoms with Gasteiger partial charge in [-0.1, -0.05) is 111 Å². The molecule has 0 saturated carbocycles. The zero-order valence-electron chi connectivity index (χ0n) is 40.0. The van der Waals surface area contributed by atoms with Crippen LogP contribution in [0.25, 0.3) is 0 Å². The molecule has 3 saturated heterocycles. The van der Waals surface area contributed by atoms with Gasteiger partial charge in [-0.05, 0) is 44.4 Å². The van der Waals surface area contributed by atoms with E-state index in [2.05, 4.69) is 0 Å². The summed E-state index contributed by atoms with van der Waals surface area (Å²) >= 11 is 0. The largest absolute Gasteiger partial charge is 0.479 e. The van der Waals surface area contributed by atoms with Crippen molar-refractivity contribution in [2.24, 2.45) is 5.92 Å². The lowest BCUT2D eigenvalue weighted by molar-refractivity contribution is -0.380. The standard InChI is InChI=1S/C47H86O20/c1-4-5-19-29(20-18-23-31(49)30(48)21-16-14-12-10-8-6-7-9-11-13-15-17-22-32(50)44(59)60)64-46-42(37(54)33(51)25-62-46)67-47-43(38(55)34(52)26-63-47)66-45-41(58)40(57)39(56)35(65-45)27-61-36(53)24-28(2)3/h28-35,37-43,45-52,54-58H,4-27H2,1-3H3,(H,59,60)/t29-,30-,31+,32+,33+,34+,35+,37-,38-,39+,40-,41+,42+,43+,45-,46-,47-/m1/s1. The molecule has 0 aromatic carbocycles. The van der Waals surface area contributed by atoms with Crippen molar-refractivity contribution in [3.8, 4) is 0 Å². The number of unbranched alkanes of at least 4 members (excludes halogenated alkanes) is 12. The Hall–Kier alpha value is -1.70. The van der Waals surface area contributed by atoms with Gasteiger partial charge in [0.05, 0.1) is 31.5 Å². The fraction of sp³-hybridized carbons (Fsp3) is 0.957. The third kappa shape index (κ3) is 21.3. The molecule has 394 valence electrons. The summed E-state index contributed by atoms with van der Waals surface area (Å²) in [6, 6.07) is 0. The molecule has 3 aliphatic heterocycles. The summed E-state index contributed by atoms with van der Waals surface area (Å²) in [4.78, 5) is 22.9. The van der Waals surface area contributed by atoms with E-state index < -0.39 is 129 Å². The van der Waals surface area contributed by atoms with Crippen molar-refractivity contribution in [3.05, 3.63) is 0 Å². The Morgan fingerprint density at radius 2 is 1.04 bits per heavy atom. The van der Waals surface area contributed by atoms with Crippen LogP contribution in [0.1, 0.15) is 156 Å². The van der Waals surface area contributed by atoms with Crippen LogP contribution in [0, 0.1) is 5.92 Å². The molecule has 3 aliphatic rings. The van der Waals surface area contributed by atoms with Crippen molar-refractivity contribution in [1.29, 1.82) is 0 Å². The van der Waals surface area contributed by atoms with Crippen LogP contribution >= 0.6 is 0 Å². The fourth-order valence-electron chi connectivity index (χ4n) is 8.52. The number of rotatable bonds is 34. The van der Waals surface area contributed by atoms with Crippen LogP contribution in [0.5, 0.6) is 0 Å². The first-order valence-electron chi connectivity index (χ1n) is 25.0. The molecule has 20 nitrogen and oxygen atoms in total. The van der Waals surface area contributed by atoms with E-state index in [0.29, 0.717) is 38.5 Å². The van der Waals surface area contributed by atoms with Gasteiger partial charge in [-0.15, -0.1) is 0 Å². The van der Waals surface area contributed by atoms with Gasteiger partial charge in [0.25, 0.3) is 0 Å². The van der Waals surface area contributed by atoms with E-state index in [9.17, 15) is 60.7 Å². The highest BCUT2D eigenvalue weighted by molar-refractivity contribution is 5.71. The van der Waals surface area contributed by atoms with E-state index in [-0.39, 0.29) is 18.9 Å². The molecule has 0 aromatic heterocycles. The van der Waals surface area contributed by atoms with Crippen molar-refractivity contribution in [2.45, 2.75) is 260 Å². The lowest BCUT2D eigenvalue weighted by atomic mass is 9.98. The Morgan fingerprint density at radius 1 is 0.567 bits per heavy atom. The first-order chi connectivity index (χ1) is 31.9. The van der Waals surface area contributed by atoms with E-state index in [1.807, 2.05) is 20.8 Å². The summed E-state index contributed by atoms with van der Waals surface area (Å²) in [6.07, 6.45) is -7.52. The second kappa shape index (κ2) is 32.3. The molecule has 20 heteroatoms. The van der Waals surface area contributed by atoms with Gasteiger partial charge in [0, 0.05) is 6.42 Å². The number of hydrogen-bond donors (Lipinski definition) is 11. The Labute approximate surface area is 395 Å². The summed E-state index contributed by atoms with van der Waals surface area (Å²) in [5, 5.41) is 115. The lowest BCUT2D eigenvalue weighted by Gasteiger charge is -2.46. The number of aliphatic carboxylic acids is 1. The van der Waals surface area contributed by atoms with Crippen LogP contribution in [0.2, 0.25) is 0 Å². The molecule has 3 rings (SSSR count). The van der Waals surface area contributed by atoms with Gasteiger partial charge in [-0.25, -0.2) is 4.79 Å². The van der Waals surface area contributed by atoms with Gasteiger partial charge in [0.15, 0.2) is 25.0 Å². The Balaban J connectivity index is 1.48. The average molecular weight is 971 g/mol. The maximum Gasteiger partial charge on any atom is 0.332 e. The number of carboxylic acid groups (broad SMARTS) is 1. The minimum atomic E-state index is -1.88. The number of carbonyl (C=O) groups excluding carboxylic acids is 1. The molecular weight excluding hydrogens is 884 g/mol. The molecule has 17 atom stereocenters. The molecule has 0 aromatic rings. The summed E-state index contributed by atoms with van der Waals surface area (Å²) in [7, 11) is 0. The first-order valence-corrected chi connectivity index (χ1v) is 25.0. The van der Waals surface area contributed by atoms with E-state index in [4.69, 9.17) is 38.3 Å². The van der Waals surface area contributed by atoms with Crippen LogP contribution in [-0.2, 0) is 42.7 Å². The molecule has 0 radical (unpaired) electrons. The second-order valence-corrected chi connectivity index (χ2v) is 19.2. The van der Waals surface area contributed by atoms with Crippen LogP contribution in [-0.4, -0.2) is 192 Å². The Morgan fingerprint density at radius 3 is 1.58 bits per heavy atom. The number of carboxylic acids is 1. The molecule has 3 fully saturated rings. The number of ether oxygens (including phenoxy) is 7. The number of hydrogen-bond acceptors (Lipinski definition) is 19. The molecule has 3 heterocycles. The third-order valence-corrected chi connectivity index (χ3v) is 12.8. The zero-order chi connectivity index (χ0) is 49.5. The third-order valence-electron chi connectivity index (χ3n) is 12.8. The lowest BCUT2D eigenvalue weighted by Crippen LogP contribution is -2.64. The van der Waals surface area contributed by atoms with Gasteiger partial charge < -0.3 is 89.3 Å². The topological polar surface area (TPSA) is 321 Å². The fourth-order valence-corrected chi connectivity index (χ4v) is 8.52. The van der Waals surface area contributed by atoms with Gasteiger partial charge in [0.1, 0.15) is 67.6 Å². The molecule has 11 N–H and O–H groups in total. The summed E-state index contributed by atoms with van der Waals surface area (Å²) in [5.41, 5.74) is 0. The summed E-state index contributed by atoms with van der Waals surface area (Å²) in [5.74, 6) is -1.75. The molecule has 0 amide bonds. The molecule has 0 spiro atoms. The summed E-state index contributed by atoms with van der Waals surface area (Å²) in [6.45, 7) is 4.40. The van der Waals surface area contributed by atoms with Crippen molar-refractivity contribution < 1.29 is 98.9 Å². The van der Waals surface area contributed by atoms with Gasteiger partial charge in [-0.2, -0.15) is 0 Å². The Bertz CT molecular complexity index is 1330. The van der Waals surface area contributed by atoms with Crippen LogP contribution in [0.3, 0.4) is 0 Å². The minimum absolute atomic E-state index is 0.0120. The Kier molecular flexibility index (Phi) is 28.7. The molecule has 0 aliphatic carbocycles. The highest BCUT2D eigenvalue weighted by Crippen LogP contribution is 2.32. The minimum Gasteiger partial charge on any atom is -0.479 e. The quantitative estimate of drug-likeness (QED) is 0.0323. The number of esters is 1. The highest BCUT2D eigenvalue weighted by atomic mass is 16.8. The number of aliphatic hydroxyl groups is 10. The number of carbonyl (C=O) groups is 2. The second-order valence-electron chi connectivity index (χ2n) is 19.2. The van der Waals surface area contributed by atoms with Crippen molar-refractivity contribution in [3.63, 3.8) is 0 Å². The van der Waals surface area contributed by atoms with Crippen LogP contribution in [0.15, 0.2) is 0 Å². The van der Waals surface area contributed by atoms with Gasteiger partial charge >= 0.3 is 11.9 Å². The smallest absolute Gasteiger partial charge is 0.332 e. The van der Waals surface area contributed by atoms with E-state index in [0.717, 1.165) is 89.9 Å². The van der Waals surface area contributed by atoms with Gasteiger partial charge in [0.2, 0.25) is 0 Å². The molecule has 67 heavy (non-hydrogen) atoms. The highest BCUT2D eigenvalue weighted by Gasteiger charge is 2.51. The SMILES string of the molecule is CCCC[C@H](CCC[C@H](O)[C@H](O)CCCCCCCCCCCCCC[C@H](O)C(=O)O)O[C@H]1OC[C@H](O)[C@@H](O)[C@@H]1O[C@H]1OC[C@H](O)[C@@H](O)[C@@H]1O[C@H]1O[C@@H](COC(=O)CC(C)C)[C@H](O)[C@@H](O)[C@@H]1O. The van der Waals surface area contributed by atoms with Crippen LogP contribution in [0.4, 0.5) is 0 Å². The molecule has 0 unspecified atom stereocenters. The van der Waals surface area contributed by atoms with Crippen molar-refractivity contribution >= 4 is 11.9 Å². The average Bonchev–Trinajstić information content (AvgIpc) is 3.29. The molecule has 0 bridgehead atoms. The monoisotopic (exact) mass is 971 g/mol. The van der Waals surface area contributed by atoms with Crippen molar-refractivity contribution in [2.75, 3.05) is 19.8 Å². The van der Waals surface area contributed by atoms with Crippen molar-refractivity contribution in [1.82, 2.24) is 0 Å². The van der Waals surface area contributed by atoms with Gasteiger partial charge in [-0.3, -0.25) is 4.79 Å². The summed E-state index contributed by atoms with van der Waals surface area (Å²) < 4.78 is 40.8. The first kappa shape index (κ1) is 59.6.